The summed E-state index contributed by atoms with van der Waals surface area (Å²) >= 11 is 0. The van der Waals surface area contributed by atoms with Crippen molar-refractivity contribution >= 4 is 5.69 Å². The van der Waals surface area contributed by atoms with Crippen molar-refractivity contribution in [3.63, 3.8) is 0 Å². The lowest BCUT2D eigenvalue weighted by Gasteiger charge is -2.46. The molecule has 18 heavy (non-hydrogen) atoms. The molecule has 0 radical (unpaired) electrons. The quantitative estimate of drug-likeness (QED) is 0.817. The van der Waals surface area contributed by atoms with E-state index in [1.165, 1.54) is 42.5 Å². The average molecular weight is 244 g/mol. The minimum atomic E-state index is 0.716. The molecule has 1 saturated heterocycles. The molecule has 1 heterocycles. The maximum absolute atomic E-state index is 3.71. The molecule has 0 unspecified atom stereocenters. The monoisotopic (exact) mass is 244 g/mol. The first-order valence-corrected chi connectivity index (χ1v) is 7.32. The Morgan fingerprint density at radius 1 is 1.06 bits per heavy atom. The minimum Gasteiger partial charge on any atom is -0.366 e. The van der Waals surface area contributed by atoms with Crippen molar-refractivity contribution < 1.29 is 0 Å². The average Bonchev–Trinajstić information content (AvgIpc) is 2.37. The van der Waals surface area contributed by atoms with Crippen molar-refractivity contribution in [2.45, 2.75) is 51.6 Å². The molecule has 1 aliphatic heterocycles. The van der Waals surface area contributed by atoms with Crippen LogP contribution in [0.1, 0.15) is 36.8 Å². The molecule has 0 spiro atoms. The maximum Gasteiger partial charge on any atom is 0.0443 e. The van der Waals surface area contributed by atoms with Gasteiger partial charge in [0, 0.05) is 30.9 Å². The van der Waals surface area contributed by atoms with Gasteiger partial charge in [-0.25, -0.2) is 0 Å². The molecule has 0 amide bonds. The molecule has 1 aromatic rings. The fourth-order valence-electron chi connectivity index (χ4n) is 3.70. The molecule has 1 saturated carbocycles. The van der Waals surface area contributed by atoms with Crippen molar-refractivity contribution in [2.24, 2.45) is 0 Å². The van der Waals surface area contributed by atoms with Crippen LogP contribution in [-0.2, 0) is 0 Å². The minimum absolute atomic E-state index is 0.716. The van der Waals surface area contributed by atoms with Crippen LogP contribution >= 0.6 is 0 Å². The maximum atomic E-state index is 3.71. The Morgan fingerprint density at radius 2 is 1.78 bits per heavy atom. The highest BCUT2D eigenvalue weighted by molar-refractivity contribution is 5.52. The molecule has 98 valence electrons. The summed E-state index contributed by atoms with van der Waals surface area (Å²) in [5.41, 5.74) is 4.21. The molecule has 1 aliphatic carbocycles. The predicted molar refractivity (Wildman–Crippen MR) is 77.3 cm³/mol. The summed E-state index contributed by atoms with van der Waals surface area (Å²) in [4.78, 5) is 2.65. The zero-order valence-electron chi connectivity index (χ0n) is 11.6. The fraction of sp³-hybridized carbons (Fsp3) is 0.625. The zero-order chi connectivity index (χ0) is 12.5. The van der Waals surface area contributed by atoms with E-state index in [-0.39, 0.29) is 0 Å². The van der Waals surface area contributed by atoms with Crippen LogP contribution in [0.4, 0.5) is 5.69 Å². The largest absolute Gasteiger partial charge is 0.366 e. The van der Waals surface area contributed by atoms with Crippen LogP contribution in [0.25, 0.3) is 0 Å². The predicted octanol–water partition coefficient (Wildman–Crippen LogP) is 3.02. The van der Waals surface area contributed by atoms with E-state index < -0.39 is 0 Å². The SMILES string of the molecule is Cc1cc(C)cc(N2CCN[C@@H]3CCCC[C@H]32)c1. The van der Waals surface area contributed by atoms with Gasteiger partial charge in [0.15, 0.2) is 0 Å². The molecule has 2 aliphatic rings. The number of piperazine rings is 1. The van der Waals surface area contributed by atoms with Gasteiger partial charge in [0.05, 0.1) is 0 Å². The molecule has 2 atom stereocenters. The second-order valence-corrected chi connectivity index (χ2v) is 5.95. The number of hydrogen-bond acceptors (Lipinski definition) is 2. The first-order chi connectivity index (χ1) is 8.74. The van der Waals surface area contributed by atoms with Gasteiger partial charge in [-0.2, -0.15) is 0 Å². The smallest absolute Gasteiger partial charge is 0.0443 e. The molecular weight excluding hydrogens is 220 g/mol. The third-order valence-electron chi connectivity index (χ3n) is 4.43. The Kier molecular flexibility index (Phi) is 3.29. The van der Waals surface area contributed by atoms with E-state index in [9.17, 15) is 0 Å². The van der Waals surface area contributed by atoms with Crippen molar-refractivity contribution in [3.8, 4) is 0 Å². The molecule has 2 heteroatoms. The summed E-state index contributed by atoms with van der Waals surface area (Å²) < 4.78 is 0. The topological polar surface area (TPSA) is 15.3 Å². The molecule has 1 aromatic carbocycles. The number of nitrogens with zero attached hydrogens (tertiary/aromatic N) is 1. The van der Waals surface area contributed by atoms with Crippen LogP contribution in [0.5, 0.6) is 0 Å². The van der Waals surface area contributed by atoms with Crippen molar-refractivity contribution in [2.75, 3.05) is 18.0 Å². The lowest BCUT2D eigenvalue weighted by Crippen LogP contribution is -2.59. The summed E-state index contributed by atoms with van der Waals surface area (Å²) in [6, 6.07) is 8.40. The second-order valence-electron chi connectivity index (χ2n) is 5.95. The zero-order valence-corrected chi connectivity index (χ0v) is 11.6. The highest BCUT2D eigenvalue weighted by atomic mass is 15.2. The highest BCUT2D eigenvalue weighted by Crippen LogP contribution is 2.30. The Bertz CT molecular complexity index is 405. The first-order valence-electron chi connectivity index (χ1n) is 7.32. The van der Waals surface area contributed by atoms with Crippen molar-refractivity contribution in [1.29, 1.82) is 0 Å². The van der Waals surface area contributed by atoms with E-state index >= 15 is 0 Å². The molecule has 2 nitrogen and oxygen atoms in total. The molecular formula is C16H24N2. The lowest BCUT2D eigenvalue weighted by molar-refractivity contribution is 0.284. The molecule has 0 aromatic heterocycles. The number of hydrogen-bond donors (Lipinski definition) is 1. The highest BCUT2D eigenvalue weighted by Gasteiger charge is 2.33. The molecule has 2 fully saturated rings. The Hall–Kier alpha value is -1.02. The molecule has 3 rings (SSSR count). The van der Waals surface area contributed by atoms with Crippen LogP contribution in [0, 0.1) is 13.8 Å². The Labute approximate surface area is 110 Å². The summed E-state index contributed by atoms with van der Waals surface area (Å²) in [7, 11) is 0. The van der Waals surface area contributed by atoms with Gasteiger partial charge in [-0.3, -0.25) is 0 Å². The van der Waals surface area contributed by atoms with Gasteiger partial charge in [0.1, 0.15) is 0 Å². The lowest BCUT2D eigenvalue weighted by atomic mass is 9.87. The summed E-state index contributed by atoms with van der Waals surface area (Å²) in [5, 5.41) is 3.71. The molecule has 0 bridgehead atoms. The van der Waals surface area contributed by atoms with Crippen LogP contribution < -0.4 is 10.2 Å². The number of anilines is 1. The number of fused-ring (bicyclic) bond motifs is 1. The van der Waals surface area contributed by atoms with Crippen molar-refractivity contribution in [1.82, 2.24) is 5.32 Å². The second kappa shape index (κ2) is 4.93. The van der Waals surface area contributed by atoms with Crippen LogP contribution in [-0.4, -0.2) is 25.2 Å². The summed E-state index contributed by atoms with van der Waals surface area (Å²) in [6.07, 6.45) is 5.50. The van der Waals surface area contributed by atoms with Crippen LogP contribution in [0.3, 0.4) is 0 Å². The van der Waals surface area contributed by atoms with E-state index in [2.05, 4.69) is 42.3 Å². The third kappa shape index (κ3) is 2.26. The van der Waals surface area contributed by atoms with Gasteiger partial charge in [0.2, 0.25) is 0 Å². The third-order valence-corrected chi connectivity index (χ3v) is 4.43. The van der Waals surface area contributed by atoms with E-state index in [4.69, 9.17) is 0 Å². The van der Waals surface area contributed by atoms with Gasteiger partial charge in [-0.15, -0.1) is 0 Å². The van der Waals surface area contributed by atoms with E-state index in [0.717, 1.165) is 13.1 Å². The van der Waals surface area contributed by atoms with E-state index in [0.29, 0.717) is 12.1 Å². The van der Waals surface area contributed by atoms with Gasteiger partial charge < -0.3 is 10.2 Å². The number of rotatable bonds is 1. The summed E-state index contributed by atoms with van der Waals surface area (Å²) in [6.45, 7) is 6.70. The number of aryl methyl sites for hydroxylation is 2. The number of nitrogens with one attached hydrogen (secondary N) is 1. The summed E-state index contributed by atoms with van der Waals surface area (Å²) in [5.74, 6) is 0. The first kappa shape index (κ1) is 12.0. The van der Waals surface area contributed by atoms with Crippen LogP contribution in [0.15, 0.2) is 18.2 Å². The van der Waals surface area contributed by atoms with E-state index in [1.807, 2.05) is 0 Å². The fourth-order valence-corrected chi connectivity index (χ4v) is 3.70. The normalized spacial score (nSPS) is 28.0. The van der Waals surface area contributed by atoms with E-state index in [1.54, 1.807) is 0 Å². The van der Waals surface area contributed by atoms with Crippen molar-refractivity contribution in [3.05, 3.63) is 29.3 Å². The number of benzene rings is 1. The standard InChI is InChI=1S/C16H24N2/c1-12-9-13(2)11-14(10-12)18-8-7-17-15-5-3-4-6-16(15)18/h9-11,15-17H,3-8H2,1-2H3/t15-,16-/m1/s1. The van der Waals surface area contributed by atoms with Gasteiger partial charge in [0.25, 0.3) is 0 Å². The Balaban J connectivity index is 1.89. The van der Waals surface area contributed by atoms with Gasteiger partial charge in [-0.05, 0) is 49.9 Å². The van der Waals surface area contributed by atoms with Crippen LogP contribution in [0.2, 0.25) is 0 Å². The van der Waals surface area contributed by atoms with Gasteiger partial charge in [-0.1, -0.05) is 18.9 Å². The molecule has 1 N–H and O–H groups in total. The Morgan fingerprint density at radius 3 is 2.56 bits per heavy atom. The van der Waals surface area contributed by atoms with Gasteiger partial charge >= 0.3 is 0 Å².